The second-order valence-electron chi connectivity index (χ2n) is 4.45. The van der Waals surface area contributed by atoms with Crippen molar-refractivity contribution in [3.63, 3.8) is 0 Å². The molecular formula is C13H18BrF3N4O. The van der Waals surface area contributed by atoms with Crippen LogP contribution in [0.15, 0.2) is 22.8 Å². The summed E-state index contributed by atoms with van der Waals surface area (Å²) in [5, 5.41) is 7.69. The molecule has 1 heterocycles. The lowest BCUT2D eigenvalue weighted by molar-refractivity contribution is -0.116. The van der Waals surface area contributed by atoms with E-state index < -0.39 is 12.7 Å². The Morgan fingerprint density at radius 3 is 2.73 bits per heavy atom. The lowest BCUT2D eigenvalue weighted by Gasteiger charge is -2.09. The molecule has 0 spiro atoms. The van der Waals surface area contributed by atoms with E-state index in [1.165, 1.54) is 0 Å². The summed E-state index contributed by atoms with van der Waals surface area (Å²) in [6.45, 7) is 1.09. The Bertz CT molecular complexity index is 465. The van der Waals surface area contributed by atoms with Gasteiger partial charge in [-0.05, 0) is 31.6 Å². The maximum Gasteiger partial charge on any atom is 0.282 e. The number of carbonyl (C=O) groups excluding carboxylic acids is 1. The summed E-state index contributed by atoms with van der Waals surface area (Å²) in [7, 11) is 0. The van der Waals surface area contributed by atoms with Gasteiger partial charge >= 0.3 is 0 Å². The summed E-state index contributed by atoms with van der Waals surface area (Å²) in [4.78, 5) is 15.6. The van der Waals surface area contributed by atoms with Crippen LogP contribution in [0.3, 0.4) is 0 Å². The quantitative estimate of drug-likeness (QED) is 0.429. The van der Waals surface area contributed by atoms with Crippen LogP contribution in [0.4, 0.5) is 19.0 Å². The molecule has 0 aliphatic rings. The van der Waals surface area contributed by atoms with E-state index in [2.05, 4.69) is 36.9 Å². The van der Waals surface area contributed by atoms with Crippen molar-refractivity contribution in [2.45, 2.75) is 25.6 Å². The molecule has 1 amide bonds. The maximum absolute atomic E-state index is 12.5. The number of hydrogen-bond donors (Lipinski definition) is 3. The number of aromatic nitrogens is 1. The number of anilines is 1. The average Bonchev–Trinajstić information content (AvgIpc) is 2.45. The Morgan fingerprint density at radius 2 is 2.05 bits per heavy atom. The molecule has 0 saturated heterocycles. The van der Waals surface area contributed by atoms with Crippen molar-refractivity contribution in [1.82, 2.24) is 15.6 Å². The topological polar surface area (TPSA) is 66.1 Å². The summed E-state index contributed by atoms with van der Waals surface area (Å²) >= 11 is 3.28. The molecule has 124 valence electrons. The van der Waals surface area contributed by atoms with Crippen LogP contribution in [0.1, 0.15) is 12.8 Å². The highest BCUT2D eigenvalue weighted by atomic mass is 79.9. The van der Waals surface area contributed by atoms with Crippen molar-refractivity contribution in [1.29, 1.82) is 0 Å². The van der Waals surface area contributed by atoms with Crippen LogP contribution < -0.4 is 16.0 Å². The van der Waals surface area contributed by atoms with Gasteiger partial charge in [-0.2, -0.15) is 0 Å². The fourth-order valence-electron chi connectivity index (χ4n) is 1.55. The molecule has 0 fully saturated rings. The highest BCUT2D eigenvalue weighted by Gasteiger charge is 2.17. The van der Waals surface area contributed by atoms with Crippen molar-refractivity contribution in [2.24, 2.45) is 0 Å². The first-order valence-corrected chi connectivity index (χ1v) is 7.56. The summed E-state index contributed by atoms with van der Waals surface area (Å²) in [6, 6.07) is 3.44. The van der Waals surface area contributed by atoms with Gasteiger partial charge in [0.15, 0.2) is 0 Å². The van der Waals surface area contributed by atoms with Gasteiger partial charge in [-0.3, -0.25) is 10.1 Å². The van der Waals surface area contributed by atoms with Gasteiger partial charge in [0.1, 0.15) is 5.82 Å². The van der Waals surface area contributed by atoms with Crippen molar-refractivity contribution in [3.8, 4) is 0 Å². The number of halogens is 4. The van der Waals surface area contributed by atoms with E-state index in [-0.39, 0.29) is 18.9 Å². The average molecular weight is 383 g/mol. The highest BCUT2D eigenvalue weighted by molar-refractivity contribution is 9.10. The molecule has 0 aromatic carbocycles. The third-order valence-electron chi connectivity index (χ3n) is 2.61. The predicted octanol–water partition coefficient (Wildman–Crippen LogP) is 2.30. The van der Waals surface area contributed by atoms with Gasteiger partial charge in [0.05, 0.1) is 0 Å². The molecule has 9 heteroatoms. The monoisotopic (exact) mass is 382 g/mol. The van der Waals surface area contributed by atoms with Gasteiger partial charge in [0, 0.05) is 23.6 Å². The Labute approximate surface area is 135 Å². The van der Waals surface area contributed by atoms with E-state index in [0.29, 0.717) is 25.3 Å². The minimum Gasteiger partial charge on any atom is -0.316 e. The molecule has 0 aliphatic heterocycles. The predicted molar refractivity (Wildman–Crippen MR) is 81.6 cm³/mol. The second kappa shape index (κ2) is 10.5. The van der Waals surface area contributed by atoms with Crippen molar-refractivity contribution >= 4 is 27.7 Å². The second-order valence-corrected chi connectivity index (χ2v) is 5.37. The van der Waals surface area contributed by atoms with E-state index in [9.17, 15) is 18.0 Å². The van der Waals surface area contributed by atoms with E-state index in [1.54, 1.807) is 18.3 Å². The van der Waals surface area contributed by atoms with Gasteiger partial charge in [0.2, 0.25) is 12.2 Å². The summed E-state index contributed by atoms with van der Waals surface area (Å²) < 4.78 is 37.0. The normalized spacial score (nSPS) is 12.4. The molecule has 1 rings (SSSR count). The first-order valence-electron chi connectivity index (χ1n) is 6.77. The first kappa shape index (κ1) is 18.9. The Hall–Kier alpha value is -1.19. The Balaban J connectivity index is 2.04. The van der Waals surface area contributed by atoms with E-state index in [4.69, 9.17) is 0 Å². The van der Waals surface area contributed by atoms with Crippen LogP contribution in [0.2, 0.25) is 0 Å². The molecule has 0 saturated carbocycles. The number of alkyl halides is 3. The van der Waals surface area contributed by atoms with Crippen LogP contribution in [0.5, 0.6) is 0 Å². The molecule has 0 radical (unpaired) electrons. The highest BCUT2D eigenvalue weighted by Crippen LogP contribution is 2.12. The van der Waals surface area contributed by atoms with Gasteiger partial charge in [-0.1, -0.05) is 15.9 Å². The third kappa shape index (κ3) is 8.30. The zero-order valence-electron chi connectivity index (χ0n) is 11.8. The van der Waals surface area contributed by atoms with Gasteiger partial charge < -0.3 is 10.6 Å². The fourth-order valence-corrected chi connectivity index (χ4v) is 1.88. The third-order valence-corrected chi connectivity index (χ3v) is 3.10. The number of nitrogens with one attached hydrogen (secondary N) is 3. The number of carbonyl (C=O) groups is 1. The van der Waals surface area contributed by atoms with E-state index in [0.717, 1.165) is 4.47 Å². The maximum atomic E-state index is 12.5. The molecule has 1 aromatic rings. The Morgan fingerprint density at radius 1 is 1.27 bits per heavy atom. The minimum atomic E-state index is -3.01. The summed E-state index contributed by atoms with van der Waals surface area (Å²) in [5.74, 6) is 0.280. The number of pyridine rings is 1. The largest absolute Gasteiger partial charge is 0.316 e. The molecule has 1 unspecified atom stereocenters. The van der Waals surface area contributed by atoms with Crippen molar-refractivity contribution in [3.05, 3.63) is 22.8 Å². The Kier molecular flexibility index (Phi) is 9.02. The molecule has 5 nitrogen and oxygen atoms in total. The van der Waals surface area contributed by atoms with Crippen molar-refractivity contribution in [2.75, 3.05) is 25.0 Å². The molecule has 0 aliphatic carbocycles. The van der Waals surface area contributed by atoms with Crippen LogP contribution in [-0.4, -0.2) is 43.2 Å². The molecule has 3 N–H and O–H groups in total. The molecule has 1 aromatic heterocycles. The van der Waals surface area contributed by atoms with Crippen LogP contribution >= 0.6 is 15.9 Å². The summed E-state index contributed by atoms with van der Waals surface area (Å²) in [5.41, 5.74) is 0. The van der Waals surface area contributed by atoms with Gasteiger partial charge in [-0.25, -0.2) is 18.2 Å². The van der Waals surface area contributed by atoms with E-state index >= 15 is 0 Å². The van der Waals surface area contributed by atoms with Crippen molar-refractivity contribution < 1.29 is 18.0 Å². The fraction of sp³-hybridized carbons (Fsp3) is 0.538. The number of amides is 1. The SMILES string of the molecule is O=C(CCNCCCNC(F)C(F)F)Nc1cc(Br)ccn1. The van der Waals surface area contributed by atoms with E-state index in [1.807, 2.05) is 0 Å². The van der Waals surface area contributed by atoms with Gasteiger partial charge in [-0.15, -0.1) is 0 Å². The minimum absolute atomic E-state index is 0.146. The lowest BCUT2D eigenvalue weighted by Crippen LogP contribution is -2.33. The molecule has 22 heavy (non-hydrogen) atoms. The van der Waals surface area contributed by atoms with Crippen LogP contribution in [-0.2, 0) is 4.79 Å². The molecule has 1 atom stereocenters. The first-order chi connectivity index (χ1) is 10.5. The number of nitrogens with zero attached hydrogens (tertiary/aromatic N) is 1. The molecular weight excluding hydrogens is 365 g/mol. The number of hydrogen-bond acceptors (Lipinski definition) is 4. The smallest absolute Gasteiger partial charge is 0.282 e. The standard InChI is InChI=1S/C13H18BrF3N4O/c14-9-2-7-19-10(8-9)21-11(22)3-6-18-4-1-5-20-13(17)12(15)16/h2,7-8,12-13,18,20H,1,3-6H2,(H,19,21,22). The van der Waals surface area contributed by atoms with Crippen LogP contribution in [0, 0.1) is 0 Å². The lowest BCUT2D eigenvalue weighted by atomic mass is 10.3. The summed E-state index contributed by atoms with van der Waals surface area (Å²) in [6.07, 6.45) is -2.98. The number of rotatable bonds is 10. The zero-order chi connectivity index (χ0) is 16.4. The molecule has 0 bridgehead atoms. The van der Waals surface area contributed by atoms with Crippen LogP contribution in [0.25, 0.3) is 0 Å². The van der Waals surface area contributed by atoms with Gasteiger partial charge in [0.25, 0.3) is 6.43 Å². The zero-order valence-corrected chi connectivity index (χ0v) is 13.4.